The quantitative estimate of drug-likeness (QED) is 0.128. The first-order valence-corrected chi connectivity index (χ1v) is 9.18. The average molecular weight is 424 g/mol. The average Bonchev–Trinajstić information content (AvgIpc) is 2.54. The van der Waals surface area contributed by atoms with Gasteiger partial charge in [0, 0.05) is 0 Å². The van der Waals surface area contributed by atoms with Gasteiger partial charge in [-0.15, -0.1) is 0 Å². The van der Waals surface area contributed by atoms with E-state index in [1.807, 2.05) is 24.3 Å². The summed E-state index contributed by atoms with van der Waals surface area (Å²) in [5.74, 6) is -0.154. The van der Waals surface area contributed by atoms with Crippen LogP contribution in [0.25, 0.3) is 5.57 Å². The summed E-state index contributed by atoms with van der Waals surface area (Å²) in [6, 6.07) is 8.19. The maximum atomic E-state index is 12.1. The molecule has 0 N–H and O–H groups in total. The normalized spacial score (nSPS) is 13.1. The fourth-order valence-electron chi connectivity index (χ4n) is 2.22. The van der Waals surface area contributed by atoms with Gasteiger partial charge in [-0.1, -0.05) is 84.7 Å². The van der Waals surface area contributed by atoms with Gasteiger partial charge in [-0.3, -0.25) is 4.79 Å². The molecule has 0 aliphatic heterocycles. The van der Waals surface area contributed by atoms with Crippen molar-refractivity contribution >= 4 is 34.1 Å². The van der Waals surface area contributed by atoms with E-state index in [4.69, 9.17) is 4.74 Å². The Morgan fingerprint density at radius 2 is 2.09 bits per heavy atom. The summed E-state index contributed by atoms with van der Waals surface area (Å²) in [5, 5.41) is 0. The molecule has 0 amide bonds. The number of halogens is 1. The number of rotatable bonds is 9. The monoisotopic (exact) mass is 424 g/mol. The van der Waals surface area contributed by atoms with Crippen molar-refractivity contribution in [2.75, 3.05) is 6.61 Å². The summed E-state index contributed by atoms with van der Waals surface area (Å²) >= 11 is 2.16. The van der Waals surface area contributed by atoms with E-state index in [1.165, 1.54) is 5.56 Å². The number of esters is 1. The molecule has 0 bridgehead atoms. The Morgan fingerprint density at radius 3 is 2.74 bits per heavy atom. The molecule has 2 nitrogen and oxygen atoms in total. The van der Waals surface area contributed by atoms with Gasteiger partial charge < -0.3 is 4.74 Å². The first-order chi connectivity index (χ1) is 11.1. The Bertz CT molecular complexity index is 573. The zero-order valence-electron chi connectivity index (χ0n) is 13.9. The van der Waals surface area contributed by atoms with Gasteiger partial charge in [-0.05, 0) is 42.9 Å². The third-order valence-electron chi connectivity index (χ3n) is 3.40. The molecule has 1 atom stereocenters. The molecule has 0 radical (unpaired) electrons. The SMILES string of the molecule is C=C/C=C(/C[C@H](I)C(=O)OCC/C=C\CC)c1ccccc1C. The van der Waals surface area contributed by atoms with Crippen LogP contribution in [0, 0.1) is 6.92 Å². The number of allylic oxidation sites excluding steroid dienone is 4. The predicted octanol–water partition coefficient (Wildman–Crippen LogP) is 5.66. The Balaban J connectivity index is 2.65. The fourth-order valence-corrected chi connectivity index (χ4v) is 2.88. The van der Waals surface area contributed by atoms with Crippen molar-refractivity contribution < 1.29 is 9.53 Å². The lowest BCUT2D eigenvalue weighted by Crippen LogP contribution is -2.18. The van der Waals surface area contributed by atoms with Gasteiger partial charge >= 0.3 is 5.97 Å². The maximum absolute atomic E-state index is 12.1. The number of carbonyl (C=O) groups excluding carboxylic acids is 1. The van der Waals surface area contributed by atoms with E-state index in [2.05, 4.69) is 61.2 Å². The van der Waals surface area contributed by atoms with Crippen molar-refractivity contribution in [1.29, 1.82) is 0 Å². The van der Waals surface area contributed by atoms with Crippen LogP contribution in [0.2, 0.25) is 0 Å². The summed E-state index contributed by atoms with van der Waals surface area (Å²) in [4.78, 5) is 12.1. The highest BCUT2D eigenvalue weighted by Gasteiger charge is 2.19. The van der Waals surface area contributed by atoms with E-state index in [0.717, 1.165) is 24.0 Å². The molecule has 124 valence electrons. The van der Waals surface area contributed by atoms with Crippen LogP contribution in [0.3, 0.4) is 0 Å². The lowest BCUT2D eigenvalue weighted by molar-refractivity contribution is -0.142. The van der Waals surface area contributed by atoms with Gasteiger partial charge in [0.1, 0.15) is 3.92 Å². The molecular weight excluding hydrogens is 399 g/mol. The summed E-state index contributed by atoms with van der Waals surface area (Å²) < 4.78 is 5.14. The summed E-state index contributed by atoms with van der Waals surface area (Å²) in [6.45, 7) is 8.39. The minimum absolute atomic E-state index is 0.154. The number of hydrogen-bond acceptors (Lipinski definition) is 2. The molecule has 0 fully saturated rings. The van der Waals surface area contributed by atoms with Crippen LogP contribution in [0.1, 0.15) is 37.3 Å². The Morgan fingerprint density at radius 1 is 1.35 bits per heavy atom. The highest BCUT2D eigenvalue weighted by molar-refractivity contribution is 14.1. The minimum atomic E-state index is -0.200. The van der Waals surface area contributed by atoms with Crippen molar-refractivity contribution in [3.63, 3.8) is 0 Å². The molecule has 0 aliphatic rings. The molecule has 1 aromatic rings. The molecule has 0 aliphatic carbocycles. The van der Waals surface area contributed by atoms with Crippen molar-refractivity contribution in [2.45, 2.75) is 37.0 Å². The van der Waals surface area contributed by atoms with Crippen LogP contribution < -0.4 is 0 Å². The maximum Gasteiger partial charge on any atom is 0.319 e. The molecule has 0 heterocycles. The van der Waals surface area contributed by atoms with Crippen LogP contribution in [0.5, 0.6) is 0 Å². The van der Waals surface area contributed by atoms with Crippen molar-refractivity contribution in [2.24, 2.45) is 0 Å². The number of alkyl halides is 1. The predicted molar refractivity (Wildman–Crippen MR) is 107 cm³/mol. The highest BCUT2D eigenvalue weighted by atomic mass is 127. The van der Waals surface area contributed by atoms with E-state index in [1.54, 1.807) is 6.08 Å². The number of aryl methyl sites for hydroxylation is 1. The van der Waals surface area contributed by atoms with Crippen molar-refractivity contribution in [3.05, 3.63) is 66.3 Å². The molecular formula is C20H25IO2. The summed E-state index contributed by atoms with van der Waals surface area (Å²) in [7, 11) is 0. The second-order valence-electron chi connectivity index (χ2n) is 5.25. The zero-order valence-corrected chi connectivity index (χ0v) is 16.1. The van der Waals surface area contributed by atoms with Gasteiger partial charge in [0.25, 0.3) is 0 Å². The van der Waals surface area contributed by atoms with E-state index in [-0.39, 0.29) is 9.89 Å². The van der Waals surface area contributed by atoms with E-state index in [0.29, 0.717) is 13.0 Å². The molecule has 1 aromatic carbocycles. The third-order valence-corrected chi connectivity index (χ3v) is 4.35. The topological polar surface area (TPSA) is 26.3 Å². The molecule has 23 heavy (non-hydrogen) atoms. The van der Waals surface area contributed by atoms with Crippen LogP contribution >= 0.6 is 22.6 Å². The van der Waals surface area contributed by atoms with Crippen LogP contribution in [0.15, 0.2) is 55.1 Å². The number of ether oxygens (including phenoxy) is 1. The number of hydrogen-bond donors (Lipinski definition) is 0. The molecule has 0 saturated heterocycles. The van der Waals surface area contributed by atoms with Gasteiger partial charge in [-0.25, -0.2) is 0 Å². The van der Waals surface area contributed by atoms with Gasteiger partial charge in [-0.2, -0.15) is 0 Å². The second kappa shape index (κ2) is 11.2. The van der Waals surface area contributed by atoms with Gasteiger partial charge in [0.05, 0.1) is 6.61 Å². The Labute approximate surface area is 153 Å². The van der Waals surface area contributed by atoms with Crippen molar-refractivity contribution in [1.82, 2.24) is 0 Å². The van der Waals surface area contributed by atoms with E-state index >= 15 is 0 Å². The molecule has 0 spiro atoms. The standard InChI is InChI=1S/C20H25IO2/c1-4-6-7-10-14-23-20(22)19(21)15-17(11-5-2)18-13-9-8-12-16(18)3/h5-9,11-13,19H,2,4,10,14-15H2,1,3H3/b7-6-,17-11-/t19-/m0/s1. The van der Waals surface area contributed by atoms with E-state index < -0.39 is 0 Å². The first kappa shape index (κ1) is 19.7. The Hall–Kier alpha value is -1.36. The Kier molecular flexibility index (Phi) is 9.60. The highest BCUT2D eigenvalue weighted by Crippen LogP contribution is 2.26. The molecule has 1 rings (SSSR count). The van der Waals surface area contributed by atoms with E-state index in [9.17, 15) is 4.79 Å². The molecule has 0 saturated carbocycles. The number of benzene rings is 1. The first-order valence-electron chi connectivity index (χ1n) is 7.93. The minimum Gasteiger partial charge on any atom is -0.465 e. The van der Waals surface area contributed by atoms with Gasteiger partial charge in [0.2, 0.25) is 0 Å². The lowest BCUT2D eigenvalue weighted by Gasteiger charge is -2.14. The molecule has 0 aromatic heterocycles. The number of carbonyl (C=O) groups is 1. The van der Waals surface area contributed by atoms with Crippen molar-refractivity contribution in [3.8, 4) is 0 Å². The fraction of sp³-hybridized carbons (Fsp3) is 0.350. The van der Waals surface area contributed by atoms with Gasteiger partial charge in [0.15, 0.2) is 0 Å². The van der Waals surface area contributed by atoms with Crippen LogP contribution in [0.4, 0.5) is 0 Å². The lowest BCUT2D eigenvalue weighted by atomic mass is 9.96. The second-order valence-corrected chi connectivity index (χ2v) is 6.75. The zero-order chi connectivity index (χ0) is 17.1. The molecule has 3 heteroatoms. The van der Waals surface area contributed by atoms with Crippen LogP contribution in [-0.4, -0.2) is 16.5 Å². The third kappa shape index (κ3) is 7.16. The summed E-state index contributed by atoms with van der Waals surface area (Å²) in [6.07, 6.45) is 10.3. The smallest absolute Gasteiger partial charge is 0.319 e. The largest absolute Gasteiger partial charge is 0.465 e. The summed E-state index contributed by atoms with van der Waals surface area (Å²) in [5.41, 5.74) is 3.47. The molecule has 0 unspecified atom stereocenters. The van der Waals surface area contributed by atoms with Crippen LogP contribution in [-0.2, 0) is 9.53 Å².